The molecule has 0 unspecified atom stereocenters. The van der Waals surface area contributed by atoms with E-state index in [4.69, 9.17) is 4.74 Å². The first-order valence-electron chi connectivity index (χ1n) is 9.88. The fourth-order valence-electron chi connectivity index (χ4n) is 3.13. The first-order chi connectivity index (χ1) is 15.0. The van der Waals surface area contributed by atoms with Crippen LogP contribution >= 0.6 is 11.3 Å². The van der Waals surface area contributed by atoms with Gasteiger partial charge in [-0.2, -0.15) is 0 Å². The van der Waals surface area contributed by atoms with Crippen molar-refractivity contribution in [2.24, 2.45) is 0 Å². The van der Waals surface area contributed by atoms with Crippen LogP contribution in [0.5, 0.6) is 5.75 Å². The molecule has 0 radical (unpaired) electrons. The summed E-state index contributed by atoms with van der Waals surface area (Å²) in [5.41, 5.74) is 3.56. The average Bonchev–Trinajstić information content (AvgIpc) is 3.15. The molecule has 0 aliphatic rings. The molecule has 2 aromatic carbocycles. The third kappa shape index (κ3) is 4.75. The Bertz CT molecular complexity index is 1260. The topological polar surface area (TPSA) is 84.7 Å². The number of aromatic nitrogens is 2. The molecule has 1 amide bonds. The van der Waals surface area contributed by atoms with Crippen molar-refractivity contribution in [3.8, 4) is 5.75 Å². The Hall–Kier alpha value is -3.65. The average molecular weight is 435 g/mol. The van der Waals surface area contributed by atoms with E-state index in [-0.39, 0.29) is 11.5 Å². The molecular formula is C23H22N4O3S. The Balaban J connectivity index is 1.37. The molecule has 0 saturated carbocycles. The van der Waals surface area contributed by atoms with Crippen molar-refractivity contribution in [3.05, 3.63) is 87.3 Å². The Morgan fingerprint density at radius 3 is 2.52 bits per heavy atom. The molecule has 8 heteroatoms. The van der Waals surface area contributed by atoms with Crippen molar-refractivity contribution in [2.45, 2.75) is 20.4 Å². The Labute approximate surface area is 183 Å². The van der Waals surface area contributed by atoms with Crippen molar-refractivity contribution >= 4 is 33.6 Å². The van der Waals surface area contributed by atoms with Crippen LogP contribution in [0.3, 0.4) is 0 Å². The number of nitrogens with zero attached hydrogens (tertiary/aromatic N) is 2. The van der Waals surface area contributed by atoms with Crippen molar-refractivity contribution in [3.63, 3.8) is 0 Å². The highest BCUT2D eigenvalue weighted by atomic mass is 32.1. The quantitative estimate of drug-likeness (QED) is 0.452. The highest BCUT2D eigenvalue weighted by Crippen LogP contribution is 2.18. The van der Waals surface area contributed by atoms with E-state index in [1.165, 1.54) is 11.3 Å². The number of thiazole rings is 1. The number of amides is 1. The lowest BCUT2D eigenvalue weighted by Crippen LogP contribution is -2.16. The number of anilines is 2. The summed E-state index contributed by atoms with van der Waals surface area (Å²) in [5, 5.41) is 8.03. The van der Waals surface area contributed by atoms with Crippen LogP contribution < -0.4 is 20.9 Å². The summed E-state index contributed by atoms with van der Waals surface area (Å²) in [7, 11) is 0. The highest BCUT2D eigenvalue weighted by Gasteiger charge is 2.08. The number of rotatable bonds is 7. The maximum absolute atomic E-state index is 12.5. The van der Waals surface area contributed by atoms with Crippen molar-refractivity contribution in [1.29, 1.82) is 0 Å². The fraction of sp³-hybridized carbons (Fsp3) is 0.174. The number of hydrogen-bond donors (Lipinski definition) is 2. The number of nitrogens with one attached hydrogen (secondary N) is 2. The monoisotopic (exact) mass is 434 g/mol. The minimum absolute atomic E-state index is 0.0816. The Kier molecular flexibility index (Phi) is 5.99. The molecule has 2 heterocycles. The van der Waals surface area contributed by atoms with Gasteiger partial charge in [-0.3, -0.25) is 14.0 Å². The number of fused-ring (bicyclic) bond motifs is 1. The standard InChI is InChI=1S/C23H22N4O3S/c1-3-30-20-10-8-18(9-11-20)25-22(29)16-4-6-17(7-5-16)24-13-19-12-21(28)27-15(2)14-31-23(27)26-19/h4-12,14,24H,3,13H2,1-2H3,(H,25,29). The lowest BCUT2D eigenvalue weighted by molar-refractivity contribution is 0.102. The first-order valence-corrected chi connectivity index (χ1v) is 10.8. The van der Waals surface area contributed by atoms with E-state index in [0.717, 1.165) is 17.1 Å². The molecule has 2 N–H and O–H groups in total. The van der Waals surface area contributed by atoms with Crippen LogP contribution in [0.4, 0.5) is 11.4 Å². The molecular weight excluding hydrogens is 412 g/mol. The SMILES string of the molecule is CCOc1ccc(NC(=O)c2ccc(NCc3cc(=O)n4c(C)csc4n3)cc2)cc1. The normalized spacial score (nSPS) is 10.8. The van der Waals surface area contributed by atoms with Crippen LogP contribution in [0.25, 0.3) is 4.96 Å². The van der Waals surface area contributed by atoms with E-state index in [1.807, 2.05) is 43.5 Å². The van der Waals surface area contributed by atoms with Crippen LogP contribution in [0.15, 0.2) is 64.8 Å². The number of carbonyl (C=O) groups is 1. The zero-order valence-corrected chi connectivity index (χ0v) is 18.0. The molecule has 0 saturated heterocycles. The fourth-order valence-corrected chi connectivity index (χ4v) is 4.02. The second-order valence-electron chi connectivity index (χ2n) is 6.92. The molecule has 0 aliphatic carbocycles. The van der Waals surface area contributed by atoms with Gasteiger partial charge in [0.15, 0.2) is 4.96 Å². The van der Waals surface area contributed by atoms with Crippen molar-refractivity contribution < 1.29 is 9.53 Å². The number of aryl methyl sites for hydroxylation is 1. The van der Waals surface area contributed by atoms with E-state index in [0.29, 0.717) is 35.1 Å². The van der Waals surface area contributed by atoms with E-state index in [1.54, 1.807) is 34.7 Å². The summed E-state index contributed by atoms with van der Waals surface area (Å²) >= 11 is 1.45. The summed E-state index contributed by atoms with van der Waals surface area (Å²) in [6, 6.07) is 15.9. The maximum atomic E-state index is 12.5. The summed E-state index contributed by atoms with van der Waals surface area (Å²) in [5.74, 6) is 0.574. The van der Waals surface area contributed by atoms with Gasteiger partial charge in [-0.15, -0.1) is 11.3 Å². The molecule has 0 fully saturated rings. The molecule has 0 spiro atoms. The third-order valence-corrected chi connectivity index (χ3v) is 5.62. The van der Waals surface area contributed by atoms with Gasteiger partial charge in [0.05, 0.1) is 18.8 Å². The van der Waals surface area contributed by atoms with E-state index in [9.17, 15) is 9.59 Å². The van der Waals surface area contributed by atoms with Crippen LogP contribution in [0.2, 0.25) is 0 Å². The van der Waals surface area contributed by atoms with Gasteiger partial charge < -0.3 is 15.4 Å². The molecule has 4 rings (SSSR count). The minimum Gasteiger partial charge on any atom is -0.494 e. The van der Waals surface area contributed by atoms with Gasteiger partial charge >= 0.3 is 0 Å². The molecule has 0 aliphatic heterocycles. The molecule has 158 valence electrons. The van der Waals surface area contributed by atoms with E-state index in [2.05, 4.69) is 15.6 Å². The summed E-state index contributed by atoms with van der Waals surface area (Å²) < 4.78 is 7.01. The van der Waals surface area contributed by atoms with Gasteiger partial charge in [-0.05, 0) is 62.4 Å². The molecule has 7 nitrogen and oxygen atoms in total. The number of carbonyl (C=O) groups excluding carboxylic acids is 1. The van der Waals surface area contributed by atoms with Gasteiger partial charge in [-0.1, -0.05) is 0 Å². The molecule has 4 aromatic rings. The van der Waals surface area contributed by atoms with Crippen LogP contribution in [0, 0.1) is 6.92 Å². The van der Waals surface area contributed by atoms with Gasteiger partial charge in [0, 0.05) is 34.1 Å². The van der Waals surface area contributed by atoms with Crippen LogP contribution in [-0.4, -0.2) is 21.9 Å². The maximum Gasteiger partial charge on any atom is 0.259 e. The number of ether oxygens (including phenoxy) is 1. The first kappa shape index (κ1) is 20.6. The summed E-state index contributed by atoms with van der Waals surface area (Å²) in [6.07, 6.45) is 0. The molecule has 2 aromatic heterocycles. The zero-order chi connectivity index (χ0) is 21.8. The van der Waals surface area contributed by atoms with Crippen molar-refractivity contribution in [1.82, 2.24) is 9.38 Å². The van der Waals surface area contributed by atoms with Gasteiger partial charge in [-0.25, -0.2) is 4.98 Å². The number of benzene rings is 2. The summed E-state index contributed by atoms with van der Waals surface area (Å²) in [6.45, 7) is 4.83. The predicted octanol–water partition coefficient (Wildman–Crippen LogP) is 4.33. The second kappa shape index (κ2) is 9.01. The van der Waals surface area contributed by atoms with Crippen molar-refractivity contribution in [2.75, 3.05) is 17.2 Å². The lowest BCUT2D eigenvalue weighted by Gasteiger charge is -2.09. The largest absolute Gasteiger partial charge is 0.494 e. The smallest absolute Gasteiger partial charge is 0.259 e. The van der Waals surface area contributed by atoms with E-state index < -0.39 is 0 Å². The lowest BCUT2D eigenvalue weighted by atomic mass is 10.2. The van der Waals surface area contributed by atoms with Crippen LogP contribution in [0.1, 0.15) is 28.7 Å². The van der Waals surface area contributed by atoms with Gasteiger partial charge in [0.2, 0.25) is 0 Å². The molecule has 0 bridgehead atoms. The van der Waals surface area contributed by atoms with Crippen LogP contribution in [-0.2, 0) is 6.54 Å². The Morgan fingerprint density at radius 1 is 1.10 bits per heavy atom. The highest BCUT2D eigenvalue weighted by molar-refractivity contribution is 7.15. The minimum atomic E-state index is -0.191. The Morgan fingerprint density at radius 2 is 1.81 bits per heavy atom. The summed E-state index contributed by atoms with van der Waals surface area (Å²) in [4.78, 5) is 29.9. The van der Waals surface area contributed by atoms with Gasteiger partial charge in [0.1, 0.15) is 5.75 Å². The predicted molar refractivity (Wildman–Crippen MR) is 123 cm³/mol. The van der Waals surface area contributed by atoms with E-state index >= 15 is 0 Å². The molecule has 31 heavy (non-hydrogen) atoms. The number of hydrogen-bond acceptors (Lipinski definition) is 6. The molecule has 0 atom stereocenters. The second-order valence-corrected chi connectivity index (χ2v) is 7.76. The zero-order valence-electron chi connectivity index (χ0n) is 17.2. The van der Waals surface area contributed by atoms with Gasteiger partial charge in [0.25, 0.3) is 11.5 Å². The third-order valence-electron chi connectivity index (χ3n) is 4.67.